The lowest BCUT2D eigenvalue weighted by Crippen LogP contribution is -2.21. The van der Waals surface area contributed by atoms with E-state index in [2.05, 4.69) is 10.3 Å². The van der Waals surface area contributed by atoms with Gasteiger partial charge in [0.2, 0.25) is 5.91 Å². The van der Waals surface area contributed by atoms with Gasteiger partial charge in [0.25, 0.3) is 0 Å². The molecular formula is C10H10ClN3O. The molecular weight excluding hydrogens is 214 g/mol. The van der Waals surface area contributed by atoms with E-state index in [4.69, 9.17) is 16.9 Å². The Labute approximate surface area is 92.9 Å². The van der Waals surface area contributed by atoms with Crippen molar-refractivity contribution in [3.8, 4) is 6.07 Å². The minimum absolute atomic E-state index is 0.179. The first-order valence-corrected chi connectivity index (χ1v) is 4.93. The van der Waals surface area contributed by atoms with Crippen LogP contribution >= 0.6 is 11.6 Å². The van der Waals surface area contributed by atoms with Gasteiger partial charge >= 0.3 is 0 Å². The van der Waals surface area contributed by atoms with Crippen molar-refractivity contribution in [2.24, 2.45) is 5.92 Å². The second-order valence-electron chi connectivity index (χ2n) is 3.09. The van der Waals surface area contributed by atoms with Crippen molar-refractivity contribution < 1.29 is 4.79 Å². The molecule has 1 amide bonds. The van der Waals surface area contributed by atoms with Gasteiger partial charge in [0.05, 0.1) is 5.56 Å². The number of nitrogens with one attached hydrogen (secondary N) is 1. The summed E-state index contributed by atoms with van der Waals surface area (Å²) in [7, 11) is 0. The van der Waals surface area contributed by atoms with Gasteiger partial charge < -0.3 is 5.32 Å². The second-order valence-corrected chi connectivity index (χ2v) is 3.40. The van der Waals surface area contributed by atoms with E-state index < -0.39 is 0 Å². The van der Waals surface area contributed by atoms with E-state index >= 15 is 0 Å². The third kappa shape index (κ3) is 3.22. The number of nitrogens with zero attached hydrogens (tertiary/aromatic N) is 2. The predicted molar refractivity (Wildman–Crippen MR) is 57.5 cm³/mol. The van der Waals surface area contributed by atoms with Crippen LogP contribution in [0.2, 0.25) is 0 Å². The number of anilines is 1. The van der Waals surface area contributed by atoms with Crippen molar-refractivity contribution in [1.82, 2.24) is 4.98 Å². The maximum atomic E-state index is 11.4. The van der Waals surface area contributed by atoms with Crippen LogP contribution in [0.4, 0.5) is 5.82 Å². The summed E-state index contributed by atoms with van der Waals surface area (Å²) in [6, 6.07) is 5.12. The molecule has 0 aliphatic carbocycles. The number of aromatic nitrogens is 1. The highest BCUT2D eigenvalue weighted by Gasteiger charge is 2.11. The zero-order valence-electron chi connectivity index (χ0n) is 8.20. The van der Waals surface area contributed by atoms with E-state index in [0.717, 1.165) is 0 Å². The molecule has 5 heteroatoms. The summed E-state index contributed by atoms with van der Waals surface area (Å²) >= 11 is 5.54. The van der Waals surface area contributed by atoms with E-state index in [0.29, 0.717) is 11.4 Å². The Morgan fingerprint density at radius 1 is 1.73 bits per heavy atom. The molecule has 1 unspecified atom stereocenters. The predicted octanol–water partition coefficient (Wildman–Crippen LogP) is 1.77. The standard InChI is InChI=1S/C10H10ClN3O/c1-7(4-11)10(15)14-9-3-2-8(5-12)6-13-9/h2-3,6-7H,4H2,1H3,(H,13,14,15). The first-order valence-electron chi connectivity index (χ1n) is 4.40. The minimum Gasteiger partial charge on any atom is -0.310 e. The average molecular weight is 224 g/mol. The van der Waals surface area contributed by atoms with E-state index in [9.17, 15) is 4.79 Å². The quantitative estimate of drug-likeness (QED) is 0.795. The van der Waals surface area contributed by atoms with E-state index in [1.807, 2.05) is 6.07 Å². The highest BCUT2D eigenvalue weighted by molar-refractivity contribution is 6.19. The van der Waals surface area contributed by atoms with Crippen LogP contribution < -0.4 is 5.32 Å². The maximum absolute atomic E-state index is 11.4. The van der Waals surface area contributed by atoms with Gasteiger partial charge in [0.1, 0.15) is 11.9 Å². The number of nitriles is 1. The zero-order valence-corrected chi connectivity index (χ0v) is 8.95. The molecule has 1 N–H and O–H groups in total. The molecule has 1 heterocycles. The van der Waals surface area contributed by atoms with Crippen LogP contribution in [0.3, 0.4) is 0 Å². The highest BCUT2D eigenvalue weighted by atomic mass is 35.5. The average Bonchev–Trinajstić information content (AvgIpc) is 2.29. The third-order valence-electron chi connectivity index (χ3n) is 1.82. The fourth-order valence-electron chi connectivity index (χ4n) is 0.853. The van der Waals surface area contributed by atoms with Crippen molar-refractivity contribution in [3.05, 3.63) is 23.9 Å². The van der Waals surface area contributed by atoms with Crippen LogP contribution in [0.15, 0.2) is 18.3 Å². The van der Waals surface area contributed by atoms with Crippen LogP contribution in [0.25, 0.3) is 0 Å². The molecule has 0 saturated carbocycles. The Kier molecular flexibility index (Phi) is 4.07. The highest BCUT2D eigenvalue weighted by Crippen LogP contribution is 2.07. The lowest BCUT2D eigenvalue weighted by molar-refractivity contribution is -0.118. The van der Waals surface area contributed by atoms with Crippen LogP contribution in [-0.4, -0.2) is 16.8 Å². The molecule has 78 valence electrons. The van der Waals surface area contributed by atoms with Gasteiger partial charge in [0, 0.05) is 18.0 Å². The monoisotopic (exact) mass is 223 g/mol. The molecule has 0 spiro atoms. The number of hydrogen-bond donors (Lipinski definition) is 1. The molecule has 1 rings (SSSR count). The third-order valence-corrected chi connectivity index (χ3v) is 2.29. The van der Waals surface area contributed by atoms with Crippen molar-refractivity contribution in [3.63, 3.8) is 0 Å². The first-order chi connectivity index (χ1) is 7.17. The molecule has 4 nitrogen and oxygen atoms in total. The molecule has 1 atom stereocenters. The van der Waals surface area contributed by atoms with Crippen LogP contribution in [-0.2, 0) is 4.79 Å². The zero-order chi connectivity index (χ0) is 11.3. The number of amides is 1. The molecule has 0 fully saturated rings. The summed E-state index contributed by atoms with van der Waals surface area (Å²) in [6.45, 7) is 1.73. The van der Waals surface area contributed by atoms with Crippen molar-refractivity contribution in [1.29, 1.82) is 5.26 Å². The van der Waals surface area contributed by atoms with Crippen molar-refractivity contribution >= 4 is 23.3 Å². The molecule has 0 bridgehead atoms. The minimum atomic E-state index is -0.260. The first kappa shape index (κ1) is 11.5. The van der Waals surface area contributed by atoms with Crippen LogP contribution in [0.1, 0.15) is 12.5 Å². The van der Waals surface area contributed by atoms with Gasteiger partial charge in [-0.1, -0.05) is 6.92 Å². The molecule has 0 saturated heterocycles. The fraction of sp³-hybridized carbons (Fsp3) is 0.300. The Bertz CT molecular complexity index is 383. The van der Waals surface area contributed by atoms with E-state index in [1.165, 1.54) is 6.20 Å². The van der Waals surface area contributed by atoms with E-state index in [-0.39, 0.29) is 17.7 Å². The molecule has 15 heavy (non-hydrogen) atoms. The molecule has 0 aliphatic heterocycles. The summed E-state index contributed by atoms with van der Waals surface area (Å²) < 4.78 is 0. The number of rotatable bonds is 3. The van der Waals surface area contributed by atoms with Crippen molar-refractivity contribution in [2.45, 2.75) is 6.92 Å². The number of hydrogen-bond acceptors (Lipinski definition) is 3. The fourth-order valence-corrected chi connectivity index (χ4v) is 0.994. The largest absolute Gasteiger partial charge is 0.310 e. The topological polar surface area (TPSA) is 65.8 Å². The number of carbonyl (C=O) groups excluding carboxylic acids is 1. The normalized spacial score (nSPS) is 11.5. The Morgan fingerprint density at radius 2 is 2.47 bits per heavy atom. The summed E-state index contributed by atoms with van der Waals surface area (Å²) in [5.74, 6) is 0.254. The maximum Gasteiger partial charge on any atom is 0.229 e. The number of alkyl halides is 1. The van der Waals surface area contributed by atoms with Crippen LogP contribution in [0.5, 0.6) is 0 Å². The summed E-state index contributed by atoms with van der Waals surface area (Å²) in [5.41, 5.74) is 0.457. The van der Waals surface area contributed by atoms with Gasteiger partial charge in [-0.2, -0.15) is 5.26 Å². The Morgan fingerprint density at radius 3 is 2.93 bits per heavy atom. The molecule has 1 aromatic rings. The van der Waals surface area contributed by atoms with Gasteiger partial charge in [-0.05, 0) is 12.1 Å². The second kappa shape index (κ2) is 5.32. The molecule has 0 aliphatic rings. The van der Waals surface area contributed by atoms with E-state index in [1.54, 1.807) is 19.1 Å². The molecule has 1 aromatic heterocycles. The molecule has 0 radical (unpaired) electrons. The Balaban J connectivity index is 2.66. The summed E-state index contributed by atoms with van der Waals surface area (Å²) in [6.07, 6.45) is 1.40. The number of halogens is 1. The van der Waals surface area contributed by atoms with Gasteiger partial charge in [-0.15, -0.1) is 11.6 Å². The SMILES string of the molecule is CC(CCl)C(=O)Nc1ccc(C#N)cn1. The van der Waals surface area contributed by atoms with Crippen molar-refractivity contribution in [2.75, 3.05) is 11.2 Å². The number of pyridine rings is 1. The lowest BCUT2D eigenvalue weighted by atomic mass is 10.2. The number of carbonyl (C=O) groups is 1. The van der Waals surface area contributed by atoms with Gasteiger partial charge in [-0.25, -0.2) is 4.98 Å². The summed E-state index contributed by atoms with van der Waals surface area (Å²) in [4.78, 5) is 15.3. The summed E-state index contributed by atoms with van der Waals surface area (Å²) in [5, 5.41) is 11.1. The van der Waals surface area contributed by atoms with Crippen LogP contribution in [0, 0.1) is 17.2 Å². The molecule has 0 aromatic carbocycles. The lowest BCUT2D eigenvalue weighted by Gasteiger charge is -2.07. The Hall–Kier alpha value is -1.60. The smallest absolute Gasteiger partial charge is 0.229 e. The van der Waals surface area contributed by atoms with Gasteiger partial charge in [0.15, 0.2) is 0 Å². The van der Waals surface area contributed by atoms with Gasteiger partial charge in [-0.3, -0.25) is 4.79 Å².